The Kier molecular flexibility index (Phi) is 13.4. The van der Waals surface area contributed by atoms with Crippen LogP contribution in [-0.4, -0.2) is 41.8 Å². The molecule has 76 heavy (non-hydrogen) atoms. The van der Waals surface area contributed by atoms with E-state index in [4.69, 9.17) is 0 Å². The van der Waals surface area contributed by atoms with Crippen molar-refractivity contribution < 1.29 is 16.4 Å². The second kappa shape index (κ2) is 19.0. The van der Waals surface area contributed by atoms with Crippen LogP contribution in [0.1, 0.15) is 51.8 Å². The van der Waals surface area contributed by atoms with E-state index < -0.39 is 58.2 Å². The van der Waals surface area contributed by atoms with Crippen molar-refractivity contribution in [2.75, 3.05) is 0 Å². The van der Waals surface area contributed by atoms with Crippen LogP contribution < -0.4 is 34.4 Å². The van der Waals surface area contributed by atoms with Crippen molar-refractivity contribution in [2.45, 2.75) is 99.7 Å². The van der Waals surface area contributed by atoms with Gasteiger partial charge in [-0.25, -0.2) is 0 Å². The molecule has 8 aromatic carbocycles. The predicted octanol–water partition coefficient (Wildman–Crippen LogP) is 15.1. The van der Waals surface area contributed by atoms with Gasteiger partial charge in [-0.1, -0.05) is 0 Å². The number of aryl methyl sites for hydroxylation is 2. The number of halogens is 2. The summed E-state index contributed by atoms with van der Waals surface area (Å²) in [7, 11) is 11.8. The van der Waals surface area contributed by atoms with Gasteiger partial charge in [0.15, 0.2) is 0 Å². The van der Waals surface area contributed by atoms with Crippen molar-refractivity contribution in [1.29, 1.82) is 0 Å². The van der Waals surface area contributed by atoms with Crippen LogP contribution in [0.4, 0.5) is 0 Å². The Bertz CT molecular complexity index is 3470. The number of benzene rings is 8. The molecular weight excluding hydrogens is 1120 g/mol. The molecule has 2 aliphatic carbocycles. The standard InChI is InChI=1S/2C28H33Si2.C12H9Si.2ClH.Zr/c2*1-20-13-14-22-15-23(21-11-9-8-10-12-21)18-27(22)28(20)24-16-25(29(2,3)4)19-26(17-24)30(5,6)7;1-3-7-11-9(5-1)10-6-2-4-8-12(10)13-11;;;/h2*8-19H,1-7H3;1-7H,13H2;2*1H;/q;;;;;+2/p-2. The second-order valence-electron chi connectivity index (χ2n) is 26.7. The monoisotopic (exact) mass is 1190 g/mol. The Balaban J connectivity index is 1.28. The summed E-state index contributed by atoms with van der Waals surface area (Å²) in [6, 6.07) is 63.6. The molecule has 8 heteroatoms. The Morgan fingerprint density at radius 2 is 0.776 bits per heavy atom. The second-order valence-corrected chi connectivity index (χ2v) is 69.5. The maximum atomic E-state index is 9.86. The maximum absolute atomic E-state index is 9.86. The summed E-state index contributed by atoms with van der Waals surface area (Å²) in [6.45, 7) is 34.6. The SMILES string of the molecule is Cc1ccc2c(c1-c1cc([Si](C)(C)C)cc([Si](C)(C)C)c1)C=C(c1ccccc1)[CH]2[Zr]([Cl])([Cl])([c]1cccc2c1[SiH2]c1ccccc1-2)[CH]1C(c2ccccc2)=Cc2c1ccc(C)c2-c1cc([Si](C)(C)C)cc([Si](C)(C)C)c1. The number of fused-ring (bicyclic) bond motifs is 5. The van der Waals surface area contributed by atoms with Crippen LogP contribution in [0.5, 0.6) is 0 Å². The molecule has 2 unspecified atom stereocenters. The minimum absolute atomic E-state index is 0.288. The number of hydrogen-bond donors (Lipinski definition) is 0. The zero-order valence-corrected chi connectivity index (χ0v) is 56.7. The quantitative estimate of drug-likeness (QED) is 0.113. The molecule has 0 fully saturated rings. The molecule has 1 heterocycles. The van der Waals surface area contributed by atoms with Crippen LogP contribution in [-0.2, 0) is 16.4 Å². The minimum atomic E-state index is -6.10. The van der Waals surface area contributed by atoms with Crippen molar-refractivity contribution >= 4 is 117 Å². The first-order chi connectivity index (χ1) is 35.7. The molecule has 0 amide bonds. The van der Waals surface area contributed by atoms with Gasteiger partial charge in [-0.2, -0.15) is 0 Å². The van der Waals surface area contributed by atoms with Crippen LogP contribution in [0.15, 0.2) is 164 Å². The van der Waals surface area contributed by atoms with Crippen molar-refractivity contribution in [3.63, 3.8) is 0 Å². The van der Waals surface area contributed by atoms with E-state index in [-0.39, 0.29) is 7.25 Å². The summed E-state index contributed by atoms with van der Waals surface area (Å²) >= 11 is -6.10. The molecule has 1 aliphatic heterocycles. The summed E-state index contributed by atoms with van der Waals surface area (Å²) in [5, 5.41) is 8.98. The van der Waals surface area contributed by atoms with E-state index in [1.54, 1.807) is 0 Å². The molecule has 0 spiro atoms. The van der Waals surface area contributed by atoms with Crippen LogP contribution in [0, 0.1) is 13.8 Å². The van der Waals surface area contributed by atoms with Gasteiger partial charge in [0.25, 0.3) is 0 Å². The summed E-state index contributed by atoms with van der Waals surface area (Å²) in [6.07, 6.45) is 5.12. The Labute approximate surface area is 469 Å². The normalized spacial score (nSPS) is 17.1. The molecular formula is C68H75Cl2Si5Zr. The first-order valence-corrected chi connectivity index (χ1v) is 53.5. The van der Waals surface area contributed by atoms with Gasteiger partial charge < -0.3 is 0 Å². The summed E-state index contributed by atoms with van der Waals surface area (Å²) in [5.41, 5.74) is 20.5. The average molecular weight is 1190 g/mol. The third-order valence-electron chi connectivity index (χ3n) is 17.4. The molecule has 0 radical (unpaired) electrons. The van der Waals surface area contributed by atoms with E-state index in [1.807, 2.05) is 0 Å². The number of allylic oxidation sites excluding steroid dienone is 2. The Morgan fingerprint density at radius 1 is 0.395 bits per heavy atom. The Hall–Kier alpha value is -4.21. The molecule has 0 saturated carbocycles. The van der Waals surface area contributed by atoms with Gasteiger partial charge in [0, 0.05) is 0 Å². The first kappa shape index (κ1) is 53.8. The van der Waals surface area contributed by atoms with Crippen molar-refractivity contribution in [1.82, 2.24) is 0 Å². The summed E-state index contributed by atoms with van der Waals surface area (Å²) < 4.78 is 0.671. The molecule has 11 rings (SSSR count). The third-order valence-corrected chi connectivity index (χ3v) is 47.9. The van der Waals surface area contributed by atoms with E-state index in [0.29, 0.717) is 0 Å². The van der Waals surface area contributed by atoms with E-state index in [1.165, 1.54) is 123 Å². The van der Waals surface area contributed by atoms with E-state index in [2.05, 4.69) is 268 Å². The molecule has 385 valence electrons. The van der Waals surface area contributed by atoms with Gasteiger partial charge in [0.2, 0.25) is 0 Å². The molecule has 2 atom stereocenters. The molecule has 0 saturated heterocycles. The van der Waals surface area contributed by atoms with Crippen LogP contribution in [0.25, 0.3) is 56.7 Å². The Morgan fingerprint density at radius 3 is 1.18 bits per heavy atom. The number of hydrogen-bond acceptors (Lipinski definition) is 0. The fourth-order valence-corrected chi connectivity index (χ4v) is 45.2. The van der Waals surface area contributed by atoms with Gasteiger partial charge in [0.05, 0.1) is 0 Å². The zero-order chi connectivity index (χ0) is 54.1. The van der Waals surface area contributed by atoms with E-state index in [9.17, 15) is 17.0 Å². The van der Waals surface area contributed by atoms with Gasteiger partial charge in [-0.15, -0.1) is 0 Å². The van der Waals surface area contributed by atoms with E-state index in [0.717, 1.165) is 0 Å². The number of rotatable bonds is 11. The molecule has 3 aliphatic rings. The predicted molar refractivity (Wildman–Crippen MR) is 350 cm³/mol. The summed E-state index contributed by atoms with van der Waals surface area (Å²) in [5.74, 6) is 0. The zero-order valence-electron chi connectivity index (χ0n) is 47.4. The molecule has 0 nitrogen and oxygen atoms in total. The molecule has 0 aromatic heterocycles. The van der Waals surface area contributed by atoms with Gasteiger partial charge >= 0.3 is 474 Å². The molecule has 0 N–H and O–H groups in total. The third kappa shape index (κ3) is 9.07. The first-order valence-electron chi connectivity index (χ1n) is 27.7. The average Bonchev–Trinajstić information content (AvgIpc) is 4.10. The van der Waals surface area contributed by atoms with Crippen LogP contribution in [0.2, 0.25) is 78.6 Å². The van der Waals surface area contributed by atoms with Crippen LogP contribution in [0.3, 0.4) is 0 Å². The van der Waals surface area contributed by atoms with Crippen molar-refractivity contribution in [3.8, 4) is 33.4 Å². The molecule has 8 aromatic rings. The van der Waals surface area contributed by atoms with Crippen molar-refractivity contribution in [2.24, 2.45) is 0 Å². The summed E-state index contributed by atoms with van der Waals surface area (Å²) in [4.78, 5) is 0. The van der Waals surface area contributed by atoms with Gasteiger partial charge in [-0.05, 0) is 0 Å². The van der Waals surface area contributed by atoms with Gasteiger partial charge in [0.1, 0.15) is 0 Å². The van der Waals surface area contributed by atoms with Crippen molar-refractivity contribution in [3.05, 3.63) is 208 Å². The van der Waals surface area contributed by atoms with Crippen LogP contribution >= 0.6 is 17.0 Å². The van der Waals surface area contributed by atoms with Gasteiger partial charge in [-0.3, -0.25) is 0 Å². The molecule has 0 bridgehead atoms. The topological polar surface area (TPSA) is 0 Å². The van der Waals surface area contributed by atoms with E-state index >= 15 is 0 Å². The fraction of sp³-hybridized carbons (Fsp3) is 0.235. The fourth-order valence-electron chi connectivity index (χ4n) is 13.1.